The lowest BCUT2D eigenvalue weighted by Gasteiger charge is -2.12. The molecule has 9 nitrogen and oxygen atoms in total. The Labute approximate surface area is 216 Å². The van der Waals surface area contributed by atoms with Gasteiger partial charge >= 0.3 is 0 Å². The van der Waals surface area contributed by atoms with Crippen LogP contribution in [0.25, 0.3) is 21.7 Å². The van der Waals surface area contributed by atoms with Gasteiger partial charge in [0.1, 0.15) is 18.2 Å². The van der Waals surface area contributed by atoms with E-state index in [1.807, 2.05) is 30.3 Å². The van der Waals surface area contributed by atoms with Crippen molar-refractivity contribution in [2.45, 2.75) is 19.4 Å². The van der Waals surface area contributed by atoms with Gasteiger partial charge in [-0.3, -0.25) is 9.78 Å². The normalized spacial score (nSPS) is 11.2. The number of primary amides is 1. The lowest BCUT2D eigenvalue weighted by Crippen LogP contribution is -2.16. The van der Waals surface area contributed by atoms with Crippen molar-refractivity contribution in [3.05, 3.63) is 72.1 Å². The van der Waals surface area contributed by atoms with Gasteiger partial charge in [0, 0.05) is 53.8 Å². The SMILES string of the molecule is NC(=O)c1ccc2c(c1)nc(NCCOCCCCNCc1cccc(OCCO)c1)c1ccncc12. The minimum atomic E-state index is -0.480. The van der Waals surface area contributed by atoms with Crippen LogP contribution in [0.3, 0.4) is 0 Å². The first kappa shape index (κ1) is 26.3. The molecule has 2 aromatic carbocycles. The number of ether oxygens (including phenoxy) is 2. The van der Waals surface area contributed by atoms with Crippen LogP contribution in [0.5, 0.6) is 5.75 Å². The molecular formula is C28H33N5O4. The highest BCUT2D eigenvalue weighted by Crippen LogP contribution is 2.29. The third-order valence-corrected chi connectivity index (χ3v) is 5.90. The van der Waals surface area contributed by atoms with Crippen molar-refractivity contribution < 1.29 is 19.4 Å². The molecule has 2 aromatic heterocycles. The van der Waals surface area contributed by atoms with Crippen LogP contribution >= 0.6 is 0 Å². The number of benzene rings is 2. The van der Waals surface area contributed by atoms with Crippen molar-refractivity contribution in [3.63, 3.8) is 0 Å². The molecule has 0 bridgehead atoms. The predicted molar refractivity (Wildman–Crippen MR) is 145 cm³/mol. The van der Waals surface area contributed by atoms with Gasteiger partial charge in [0.2, 0.25) is 5.91 Å². The molecule has 0 aliphatic rings. The second-order valence-corrected chi connectivity index (χ2v) is 8.62. The number of nitrogens with two attached hydrogens (primary N) is 1. The molecule has 0 unspecified atom stereocenters. The number of hydrogen-bond acceptors (Lipinski definition) is 8. The summed E-state index contributed by atoms with van der Waals surface area (Å²) in [6.45, 7) is 3.83. The van der Waals surface area contributed by atoms with E-state index < -0.39 is 5.91 Å². The number of fused-ring (bicyclic) bond motifs is 3. The number of anilines is 1. The van der Waals surface area contributed by atoms with Crippen molar-refractivity contribution in [3.8, 4) is 5.75 Å². The molecule has 0 spiro atoms. The maximum absolute atomic E-state index is 11.6. The molecule has 37 heavy (non-hydrogen) atoms. The zero-order valence-electron chi connectivity index (χ0n) is 20.8. The fourth-order valence-electron chi connectivity index (χ4n) is 4.08. The van der Waals surface area contributed by atoms with Crippen molar-refractivity contribution in [2.75, 3.05) is 44.8 Å². The molecule has 0 fully saturated rings. The largest absolute Gasteiger partial charge is 0.491 e. The van der Waals surface area contributed by atoms with Gasteiger partial charge in [0.15, 0.2) is 0 Å². The van der Waals surface area contributed by atoms with Crippen molar-refractivity contribution in [1.82, 2.24) is 15.3 Å². The molecule has 4 aromatic rings. The molecule has 0 saturated carbocycles. The molecule has 194 valence electrons. The number of rotatable bonds is 15. The van der Waals surface area contributed by atoms with Gasteiger partial charge in [0.25, 0.3) is 0 Å². The number of aliphatic hydroxyl groups excluding tert-OH is 1. The molecule has 0 saturated heterocycles. The second-order valence-electron chi connectivity index (χ2n) is 8.62. The predicted octanol–water partition coefficient (Wildman–Crippen LogP) is 3.25. The van der Waals surface area contributed by atoms with E-state index in [0.717, 1.165) is 59.2 Å². The second kappa shape index (κ2) is 13.5. The summed E-state index contributed by atoms with van der Waals surface area (Å²) in [6, 6.07) is 15.1. The molecule has 0 radical (unpaired) electrons. The zero-order valence-corrected chi connectivity index (χ0v) is 20.8. The highest BCUT2D eigenvalue weighted by molar-refractivity contribution is 6.11. The Morgan fingerprint density at radius 3 is 2.76 bits per heavy atom. The average Bonchev–Trinajstić information content (AvgIpc) is 2.92. The Morgan fingerprint density at radius 1 is 0.973 bits per heavy atom. The van der Waals surface area contributed by atoms with E-state index >= 15 is 0 Å². The van der Waals surface area contributed by atoms with Crippen LogP contribution in [0.2, 0.25) is 0 Å². The summed E-state index contributed by atoms with van der Waals surface area (Å²) < 4.78 is 11.2. The highest BCUT2D eigenvalue weighted by Gasteiger charge is 2.10. The van der Waals surface area contributed by atoms with Crippen LogP contribution in [-0.2, 0) is 11.3 Å². The van der Waals surface area contributed by atoms with Gasteiger partial charge in [0.05, 0.1) is 18.7 Å². The first-order valence-electron chi connectivity index (χ1n) is 12.5. The number of aliphatic hydroxyl groups is 1. The van der Waals surface area contributed by atoms with Crippen molar-refractivity contribution in [1.29, 1.82) is 0 Å². The number of unbranched alkanes of at least 4 members (excludes halogenated alkanes) is 1. The van der Waals surface area contributed by atoms with E-state index in [1.54, 1.807) is 24.5 Å². The summed E-state index contributed by atoms with van der Waals surface area (Å²) in [5.41, 5.74) is 7.70. The highest BCUT2D eigenvalue weighted by atomic mass is 16.5. The van der Waals surface area contributed by atoms with Gasteiger partial charge in [-0.2, -0.15) is 0 Å². The van der Waals surface area contributed by atoms with Crippen LogP contribution in [0.4, 0.5) is 5.82 Å². The van der Waals surface area contributed by atoms with Crippen LogP contribution in [0.15, 0.2) is 60.9 Å². The Kier molecular flexibility index (Phi) is 9.59. The monoisotopic (exact) mass is 503 g/mol. The number of nitrogens with zero attached hydrogens (tertiary/aromatic N) is 2. The summed E-state index contributed by atoms with van der Waals surface area (Å²) in [6.07, 6.45) is 5.53. The molecule has 1 amide bonds. The Balaban J connectivity index is 1.17. The number of carbonyl (C=O) groups excluding carboxylic acids is 1. The maximum Gasteiger partial charge on any atom is 0.248 e. The smallest absolute Gasteiger partial charge is 0.248 e. The molecule has 9 heteroatoms. The summed E-state index contributed by atoms with van der Waals surface area (Å²) in [5.74, 6) is 1.02. The quantitative estimate of drug-likeness (QED) is 0.144. The summed E-state index contributed by atoms with van der Waals surface area (Å²) in [5, 5.41) is 18.5. The van der Waals surface area contributed by atoms with Crippen LogP contribution < -0.4 is 21.1 Å². The average molecular weight is 504 g/mol. The maximum atomic E-state index is 11.6. The first-order chi connectivity index (χ1) is 18.2. The van der Waals surface area contributed by atoms with Gasteiger partial charge in [-0.05, 0) is 55.3 Å². The minimum Gasteiger partial charge on any atom is -0.491 e. The molecule has 0 atom stereocenters. The van der Waals surface area contributed by atoms with Crippen LogP contribution in [-0.4, -0.2) is 60.5 Å². The number of hydrogen-bond donors (Lipinski definition) is 4. The lowest BCUT2D eigenvalue weighted by molar-refractivity contribution is 0.100. The number of pyridine rings is 2. The summed E-state index contributed by atoms with van der Waals surface area (Å²) in [7, 11) is 0. The van der Waals surface area contributed by atoms with Crippen molar-refractivity contribution >= 4 is 33.4 Å². The van der Waals surface area contributed by atoms with E-state index in [2.05, 4.69) is 21.7 Å². The van der Waals surface area contributed by atoms with Gasteiger partial charge in [-0.25, -0.2) is 4.98 Å². The lowest BCUT2D eigenvalue weighted by atomic mass is 10.1. The molecule has 4 rings (SSSR count). The third kappa shape index (κ3) is 7.36. The summed E-state index contributed by atoms with van der Waals surface area (Å²) in [4.78, 5) is 20.6. The van der Waals surface area contributed by atoms with E-state index in [4.69, 9.17) is 25.3 Å². The Bertz CT molecular complexity index is 1330. The molecule has 2 heterocycles. The molecule has 0 aliphatic heterocycles. The molecule has 5 N–H and O–H groups in total. The molecule has 0 aliphatic carbocycles. The van der Waals surface area contributed by atoms with Crippen molar-refractivity contribution in [2.24, 2.45) is 5.73 Å². The van der Waals surface area contributed by atoms with E-state index in [0.29, 0.717) is 37.4 Å². The number of nitrogens with one attached hydrogen (secondary N) is 2. The fourth-order valence-corrected chi connectivity index (χ4v) is 4.08. The Morgan fingerprint density at radius 2 is 1.89 bits per heavy atom. The topological polar surface area (TPSA) is 132 Å². The number of aromatic nitrogens is 2. The van der Waals surface area contributed by atoms with Crippen LogP contribution in [0, 0.1) is 0 Å². The van der Waals surface area contributed by atoms with Gasteiger partial charge in [-0.15, -0.1) is 0 Å². The molecular weight excluding hydrogens is 470 g/mol. The van der Waals surface area contributed by atoms with Gasteiger partial charge in [-0.1, -0.05) is 18.2 Å². The third-order valence-electron chi connectivity index (χ3n) is 5.90. The number of amides is 1. The number of carbonyl (C=O) groups is 1. The Hall–Kier alpha value is -3.79. The van der Waals surface area contributed by atoms with E-state index in [9.17, 15) is 4.79 Å². The van der Waals surface area contributed by atoms with E-state index in [1.165, 1.54) is 0 Å². The zero-order chi connectivity index (χ0) is 25.9. The van der Waals surface area contributed by atoms with Gasteiger partial charge < -0.3 is 30.9 Å². The minimum absolute atomic E-state index is 0.00866. The standard InChI is InChI=1S/C28H33N5O4/c29-27(35)21-6-7-23-25-19-31-10-8-24(25)28(33-26(23)17-21)32-11-14-36-13-2-1-9-30-18-20-4-3-5-22(16-20)37-15-12-34/h3-8,10,16-17,19,30,34H,1-2,9,11-15,18H2,(H2,29,35)(H,32,33). The van der Waals surface area contributed by atoms with E-state index in [-0.39, 0.29) is 6.61 Å². The summed E-state index contributed by atoms with van der Waals surface area (Å²) >= 11 is 0. The fraction of sp³-hybridized carbons (Fsp3) is 0.321. The first-order valence-corrected chi connectivity index (χ1v) is 12.5. The van der Waals surface area contributed by atoms with Crippen LogP contribution in [0.1, 0.15) is 28.8 Å².